The average Bonchev–Trinajstić information content (AvgIpc) is 2.38. The molecule has 0 aliphatic carbocycles. The molecule has 0 saturated carbocycles. The molecule has 1 rings (SSSR count). The van der Waals surface area contributed by atoms with Gasteiger partial charge in [-0.15, -0.1) is 0 Å². The lowest BCUT2D eigenvalue weighted by Gasteiger charge is -2.20. The number of hydrogen-bond acceptors (Lipinski definition) is 5. The van der Waals surface area contributed by atoms with Crippen LogP contribution in [0.25, 0.3) is 0 Å². The van der Waals surface area contributed by atoms with Crippen LogP contribution in [0.2, 0.25) is 0 Å². The van der Waals surface area contributed by atoms with E-state index >= 15 is 0 Å². The van der Waals surface area contributed by atoms with Crippen LogP contribution < -0.4 is 14.8 Å². The van der Waals surface area contributed by atoms with Crippen molar-refractivity contribution in [2.45, 2.75) is 19.9 Å². The average molecular weight is 380 g/mol. The van der Waals surface area contributed by atoms with E-state index in [1.165, 1.54) is 6.26 Å². The minimum absolute atomic E-state index is 0.0155. The first-order valence-electron chi connectivity index (χ1n) is 6.76. The number of halogens is 1. The highest BCUT2D eigenvalue weighted by Crippen LogP contribution is 2.36. The minimum atomic E-state index is -3.10. The molecule has 21 heavy (non-hydrogen) atoms. The first-order valence-corrected chi connectivity index (χ1v) is 9.61. The van der Waals surface area contributed by atoms with Gasteiger partial charge in [0, 0.05) is 16.8 Å². The van der Waals surface area contributed by atoms with Gasteiger partial charge < -0.3 is 14.8 Å². The number of hydrogen-bond donors (Lipinski definition) is 1. The second kappa shape index (κ2) is 8.00. The van der Waals surface area contributed by atoms with Gasteiger partial charge in [-0.2, -0.15) is 0 Å². The fraction of sp³-hybridized carbons (Fsp3) is 0.571. The summed E-state index contributed by atoms with van der Waals surface area (Å²) in [7, 11) is -1.37. The second-order valence-electron chi connectivity index (χ2n) is 4.62. The molecule has 0 aromatic heterocycles. The van der Waals surface area contributed by atoms with Crippen LogP contribution in [0, 0.1) is 0 Å². The lowest BCUT2D eigenvalue weighted by atomic mass is 10.1. The fourth-order valence-electron chi connectivity index (χ4n) is 1.99. The summed E-state index contributed by atoms with van der Waals surface area (Å²) >= 11 is 3.48. The summed E-state index contributed by atoms with van der Waals surface area (Å²) in [6.45, 7) is 4.84. The smallest absolute Gasteiger partial charge is 0.162 e. The van der Waals surface area contributed by atoms with Crippen molar-refractivity contribution in [3.8, 4) is 11.5 Å². The van der Waals surface area contributed by atoms with Crippen LogP contribution in [0.5, 0.6) is 11.5 Å². The molecule has 1 atom stereocenters. The zero-order valence-electron chi connectivity index (χ0n) is 12.8. The van der Waals surface area contributed by atoms with E-state index in [4.69, 9.17) is 9.47 Å². The van der Waals surface area contributed by atoms with Gasteiger partial charge in [0.05, 0.1) is 19.0 Å². The summed E-state index contributed by atoms with van der Waals surface area (Å²) in [5, 5.41) is 3.03. The van der Waals surface area contributed by atoms with E-state index in [0.717, 1.165) is 10.0 Å². The van der Waals surface area contributed by atoms with Gasteiger partial charge in [0.1, 0.15) is 9.84 Å². The van der Waals surface area contributed by atoms with Crippen LogP contribution in [0.1, 0.15) is 25.5 Å². The van der Waals surface area contributed by atoms with Gasteiger partial charge in [0.2, 0.25) is 0 Å². The molecule has 0 amide bonds. The summed E-state index contributed by atoms with van der Waals surface area (Å²) in [6, 6.07) is 3.32. The number of ether oxygens (including phenoxy) is 2. The van der Waals surface area contributed by atoms with Crippen LogP contribution in [0.4, 0.5) is 0 Å². The maximum Gasteiger partial charge on any atom is 0.162 e. The topological polar surface area (TPSA) is 64.6 Å². The molecule has 1 aromatic carbocycles. The maximum atomic E-state index is 11.6. The summed E-state index contributed by atoms with van der Waals surface area (Å²) in [6.07, 6.45) is 1.23. The van der Waals surface area contributed by atoms with E-state index in [-0.39, 0.29) is 11.8 Å². The molecule has 7 heteroatoms. The van der Waals surface area contributed by atoms with E-state index < -0.39 is 9.84 Å². The molecule has 0 saturated heterocycles. The third-order valence-electron chi connectivity index (χ3n) is 2.86. The molecule has 1 unspecified atom stereocenters. The number of sulfone groups is 1. The highest BCUT2D eigenvalue weighted by atomic mass is 79.9. The summed E-state index contributed by atoms with van der Waals surface area (Å²) in [4.78, 5) is 0. The molecule has 5 nitrogen and oxygen atoms in total. The van der Waals surface area contributed by atoms with Crippen molar-refractivity contribution in [1.29, 1.82) is 0 Å². The maximum absolute atomic E-state index is 11.6. The molecule has 1 N–H and O–H groups in total. The predicted molar refractivity (Wildman–Crippen MR) is 88.0 cm³/mol. The Morgan fingerprint density at radius 2 is 1.71 bits per heavy atom. The molecule has 0 aliphatic rings. The van der Waals surface area contributed by atoms with Gasteiger partial charge in [0.15, 0.2) is 11.5 Å². The van der Waals surface area contributed by atoms with E-state index in [0.29, 0.717) is 24.7 Å². The molecule has 0 bridgehead atoms. The van der Waals surface area contributed by atoms with E-state index in [9.17, 15) is 8.42 Å². The molecule has 0 fully saturated rings. The highest BCUT2D eigenvalue weighted by molar-refractivity contribution is 9.10. The quantitative estimate of drug-likeness (QED) is 0.751. The Balaban J connectivity index is 3.24. The van der Waals surface area contributed by atoms with E-state index in [1.54, 1.807) is 7.05 Å². The largest absolute Gasteiger partial charge is 0.490 e. The number of benzene rings is 1. The van der Waals surface area contributed by atoms with Gasteiger partial charge >= 0.3 is 0 Å². The molecule has 0 radical (unpaired) electrons. The zero-order chi connectivity index (χ0) is 16.0. The van der Waals surface area contributed by atoms with Crippen LogP contribution in [-0.4, -0.2) is 40.7 Å². The van der Waals surface area contributed by atoms with E-state index in [1.807, 2.05) is 26.0 Å². The van der Waals surface area contributed by atoms with Crippen LogP contribution in [0.15, 0.2) is 16.6 Å². The number of nitrogens with one attached hydrogen (secondary N) is 1. The first kappa shape index (κ1) is 18.3. The van der Waals surface area contributed by atoms with E-state index in [2.05, 4.69) is 21.2 Å². The van der Waals surface area contributed by atoms with Crippen molar-refractivity contribution in [2.24, 2.45) is 0 Å². The highest BCUT2D eigenvalue weighted by Gasteiger charge is 2.21. The van der Waals surface area contributed by atoms with Crippen molar-refractivity contribution in [1.82, 2.24) is 5.32 Å². The molecule has 0 spiro atoms. The van der Waals surface area contributed by atoms with Crippen molar-refractivity contribution in [2.75, 3.05) is 32.3 Å². The molecular formula is C14H22BrNO4S. The van der Waals surface area contributed by atoms with Crippen molar-refractivity contribution in [3.05, 3.63) is 22.2 Å². The van der Waals surface area contributed by atoms with Crippen LogP contribution in [0.3, 0.4) is 0 Å². The van der Waals surface area contributed by atoms with Crippen molar-refractivity contribution < 1.29 is 17.9 Å². The molecule has 0 aliphatic heterocycles. The van der Waals surface area contributed by atoms with Gasteiger partial charge in [-0.05, 0) is 38.6 Å². The first-order chi connectivity index (χ1) is 9.82. The van der Waals surface area contributed by atoms with Gasteiger partial charge in [0.25, 0.3) is 0 Å². The summed E-state index contributed by atoms with van der Waals surface area (Å²) in [5.74, 6) is 1.28. The van der Waals surface area contributed by atoms with Gasteiger partial charge in [-0.3, -0.25) is 0 Å². The minimum Gasteiger partial charge on any atom is -0.490 e. The van der Waals surface area contributed by atoms with Crippen LogP contribution >= 0.6 is 15.9 Å². The SMILES string of the molecule is CCOc1cc(Br)c(C(CS(C)(=O)=O)NC)cc1OCC. The third kappa shape index (κ3) is 5.48. The Kier molecular flexibility index (Phi) is 6.96. The third-order valence-corrected chi connectivity index (χ3v) is 4.48. The zero-order valence-corrected chi connectivity index (χ0v) is 15.2. The molecule has 1 aromatic rings. The lowest BCUT2D eigenvalue weighted by Crippen LogP contribution is -2.25. The fourth-order valence-corrected chi connectivity index (χ4v) is 3.54. The second-order valence-corrected chi connectivity index (χ2v) is 7.66. The van der Waals surface area contributed by atoms with Crippen LogP contribution in [-0.2, 0) is 9.84 Å². The normalized spacial score (nSPS) is 13.0. The number of rotatable bonds is 8. The Hall–Kier alpha value is -0.790. The standard InChI is InChI=1S/C14H22BrNO4S/c1-5-19-13-7-10(11(15)8-14(13)20-6-2)12(16-3)9-21(4,17)18/h7-8,12,16H,5-6,9H2,1-4H3. The molecular weight excluding hydrogens is 358 g/mol. The Labute approximate surface area is 135 Å². The van der Waals surface area contributed by atoms with Gasteiger partial charge in [-0.25, -0.2) is 8.42 Å². The molecule has 120 valence electrons. The Morgan fingerprint density at radius 1 is 1.19 bits per heavy atom. The van der Waals surface area contributed by atoms with Crippen molar-refractivity contribution in [3.63, 3.8) is 0 Å². The Bertz CT molecular complexity index is 575. The lowest BCUT2D eigenvalue weighted by molar-refractivity contribution is 0.287. The van der Waals surface area contributed by atoms with Gasteiger partial charge in [-0.1, -0.05) is 15.9 Å². The molecule has 0 heterocycles. The monoisotopic (exact) mass is 379 g/mol. The summed E-state index contributed by atoms with van der Waals surface area (Å²) < 4.78 is 35.0. The summed E-state index contributed by atoms with van der Waals surface area (Å²) in [5.41, 5.74) is 0.829. The predicted octanol–water partition coefficient (Wildman–Crippen LogP) is 2.55. The van der Waals surface area contributed by atoms with Crippen molar-refractivity contribution >= 4 is 25.8 Å². The Morgan fingerprint density at radius 3 is 2.14 bits per heavy atom.